The second kappa shape index (κ2) is 5.50. The van der Waals surface area contributed by atoms with Crippen molar-refractivity contribution in [3.05, 3.63) is 16.9 Å². The summed E-state index contributed by atoms with van der Waals surface area (Å²) in [6.45, 7) is 1.46. The van der Waals surface area contributed by atoms with Gasteiger partial charge in [-0.15, -0.1) is 0 Å². The molecule has 1 aromatic rings. The highest BCUT2D eigenvalue weighted by Gasteiger charge is 2.23. The molecule has 1 aliphatic heterocycles. The van der Waals surface area contributed by atoms with E-state index in [1.807, 2.05) is 4.90 Å². The SMILES string of the molecule is CS(=O)(=O)NC1CCCN(c2ncc(Br)cn2)C1. The zero-order valence-corrected chi connectivity index (χ0v) is 12.4. The van der Waals surface area contributed by atoms with Gasteiger partial charge in [-0.25, -0.2) is 23.1 Å². The average molecular weight is 335 g/mol. The Balaban J connectivity index is 2.04. The fourth-order valence-corrected chi connectivity index (χ4v) is 3.03. The fourth-order valence-electron chi connectivity index (χ4n) is 2.03. The third-order valence-corrected chi connectivity index (χ3v) is 3.86. The normalized spacial score (nSPS) is 21.0. The number of nitrogens with one attached hydrogen (secondary N) is 1. The highest BCUT2D eigenvalue weighted by molar-refractivity contribution is 9.10. The number of hydrogen-bond donors (Lipinski definition) is 1. The van der Waals surface area contributed by atoms with Crippen LogP contribution in [0.2, 0.25) is 0 Å². The molecule has 0 saturated carbocycles. The number of sulfonamides is 1. The molecule has 18 heavy (non-hydrogen) atoms. The third kappa shape index (κ3) is 3.89. The minimum absolute atomic E-state index is 0.0685. The Morgan fingerprint density at radius 3 is 2.72 bits per heavy atom. The Kier molecular flexibility index (Phi) is 4.18. The molecular formula is C10H15BrN4O2S. The van der Waals surface area contributed by atoms with Crippen molar-refractivity contribution in [3.63, 3.8) is 0 Å². The molecule has 0 amide bonds. The van der Waals surface area contributed by atoms with Crippen LogP contribution in [0.5, 0.6) is 0 Å². The van der Waals surface area contributed by atoms with Gasteiger partial charge in [-0.1, -0.05) is 0 Å². The van der Waals surface area contributed by atoms with Crippen molar-refractivity contribution < 1.29 is 8.42 Å². The van der Waals surface area contributed by atoms with Crippen LogP contribution in [0.3, 0.4) is 0 Å². The van der Waals surface area contributed by atoms with Crippen LogP contribution in [0.4, 0.5) is 5.95 Å². The molecule has 1 aliphatic rings. The van der Waals surface area contributed by atoms with Crippen molar-refractivity contribution >= 4 is 31.9 Å². The monoisotopic (exact) mass is 334 g/mol. The lowest BCUT2D eigenvalue weighted by atomic mass is 10.1. The number of piperidine rings is 1. The Labute approximate surface area is 115 Å². The molecule has 2 rings (SSSR count). The Morgan fingerprint density at radius 2 is 2.11 bits per heavy atom. The van der Waals surface area contributed by atoms with Crippen LogP contribution < -0.4 is 9.62 Å². The third-order valence-electron chi connectivity index (χ3n) is 2.69. The summed E-state index contributed by atoms with van der Waals surface area (Å²) in [5, 5.41) is 0. The van der Waals surface area contributed by atoms with Gasteiger partial charge in [-0.2, -0.15) is 0 Å². The summed E-state index contributed by atoms with van der Waals surface area (Å²) in [5.41, 5.74) is 0. The summed E-state index contributed by atoms with van der Waals surface area (Å²) < 4.78 is 25.9. The highest BCUT2D eigenvalue weighted by Crippen LogP contribution is 2.17. The van der Waals surface area contributed by atoms with Crippen LogP contribution in [-0.4, -0.2) is 43.8 Å². The van der Waals surface area contributed by atoms with Crippen LogP contribution in [0.15, 0.2) is 16.9 Å². The standard InChI is InChI=1S/C10H15BrN4O2S/c1-18(16,17)14-9-3-2-4-15(7-9)10-12-5-8(11)6-13-10/h5-6,9,14H,2-4,7H2,1H3. The van der Waals surface area contributed by atoms with Gasteiger partial charge in [0.1, 0.15) is 0 Å². The van der Waals surface area contributed by atoms with Gasteiger partial charge in [0, 0.05) is 31.5 Å². The van der Waals surface area contributed by atoms with Crippen molar-refractivity contribution in [1.82, 2.24) is 14.7 Å². The maximum Gasteiger partial charge on any atom is 0.225 e. The van der Waals surface area contributed by atoms with E-state index in [1.165, 1.54) is 6.26 Å². The van der Waals surface area contributed by atoms with Gasteiger partial charge >= 0.3 is 0 Å². The quantitative estimate of drug-likeness (QED) is 0.883. The molecule has 6 nitrogen and oxygen atoms in total. The van der Waals surface area contributed by atoms with E-state index in [0.717, 1.165) is 23.9 Å². The fraction of sp³-hybridized carbons (Fsp3) is 0.600. The van der Waals surface area contributed by atoms with Crippen molar-refractivity contribution in [2.75, 3.05) is 24.2 Å². The van der Waals surface area contributed by atoms with Crippen molar-refractivity contribution in [1.29, 1.82) is 0 Å². The lowest BCUT2D eigenvalue weighted by Crippen LogP contribution is -2.47. The number of nitrogens with zero attached hydrogens (tertiary/aromatic N) is 3. The molecular weight excluding hydrogens is 320 g/mol. The molecule has 1 atom stereocenters. The van der Waals surface area contributed by atoms with Gasteiger partial charge in [-0.3, -0.25) is 0 Å². The predicted octanol–water partition coefficient (Wildman–Crippen LogP) is 0.757. The number of halogens is 1. The summed E-state index contributed by atoms with van der Waals surface area (Å²) in [6, 6.07) is -0.0685. The minimum atomic E-state index is -3.16. The number of hydrogen-bond acceptors (Lipinski definition) is 5. The molecule has 8 heteroatoms. The second-order valence-electron chi connectivity index (χ2n) is 4.38. The van der Waals surface area contributed by atoms with Crippen LogP contribution in [0, 0.1) is 0 Å². The van der Waals surface area contributed by atoms with Gasteiger partial charge in [0.15, 0.2) is 0 Å². The Bertz CT molecular complexity index is 505. The van der Waals surface area contributed by atoms with E-state index in [4.69, 9.17) is 0 Å². The summed E-state index contributed by atoms with van der Waals surface area (Å²) >= 11 is 3.29. The van der Waals surface area contributed by atoms with E-state index < -0.39 is 10.0 Å². The Morgan fingerprint density at radius 1 is 1.44 bits per heavy atom. The van der Waals surface area contributed by atoms with E-state index in [9.17, 15) is 8.42 Å². The lowest BCUT2D eigenvalue weighted by molar-refractivity contribution is 0.463. The molecule has 1 aromatic heterocycles. The van der Waals surface area contributed by atoms with Crippen molar-refractivity contribution in [2.24, 2.45) is 0 Å². The first kappa shape index (κ1) is 13.7. The van der Waals surface area contributed by atoms with Crippen LogP contribution in [0.25, 0.3) is 0 Å². The first-order valence-electron chi connectivity index (χ1n) is 5.64. The van der Waals surface area contributed by atoms with Crippen LogP contribution >= 0.6 is 15.9 Å². The smallest absolute Gasteiger partial charge is 0.225 e. The largest absolute Gasteiger partial charge is 0.339 e. The summed E-state index contributed by atoms with van der Waals surface area (Å²) in [7, 11) is -3.16. The molecule has 1 N–H and O–H groups in total. The average Bonchev–Trinajstić information content (AvgIpc) is 2.28. The number of anilines is 1. The lowest BCUT2D eigenvalue weighted by Gasteiger charge is -2.32. The molecule has 1 fully saturated rings. The summed E-state index contributed by atoms with van der Waals surface area (Å²) in [5.74, 6) is 0.637. The van der Waals surface area contributed by atoms with Crippen molar-refractivity contribution in [3.8, 4) is 0 Å². The molecule has 0 bridgehead atoms. The van der Waals surface area contributed by atoms with Crippen molar-refractivity contribution in [2.45, 2.75) is 18.9 Å². The molecule has 0 aliphatic carbocycles. The van der Waals surface area contributed by atoms with E-state index in [2.05, 4.69) is 30.6 Å². The van der Waals surface area contributed by atoms with E-state index in [0.29, 0.717) is 12.5 Å². The number of aromatic nitrogens is 2. The van der Waals surface area contributed by atoms with E-state index in [-0.39, 0.29) is 6.04 Å². The summed E-state index contributed by atoms with van der Waals surface area (Å²) in [4.78, 5) is 10.4. The maximum absolute atomic E-state index is 11.2. The van der Waals surface area contributed by atoms with Gasteiger partial charge in [0.2, 0.25) is 16.0 Å². The molecule has 0 aromatic carbocycles. The summed E-state index contributed by atoms with van der Waals surface area (Å²) in [6.07, 6.45) is 6.33. The predicted molar refractivity (Wildman–Crippen MR) is 72.9 cm³/mol. The molecule has 0 radical (unpaired) electrons. The molecule has 100 valence electrons. The van der Waals surface area contributed by atoms with Crippen LogP contribution in [0.1, 0.15) is 12.8 Å². The molecule has 0 spiro atoms. The Hall–Kier alpha value is -0.730. The topological polar surface area (TPSA) is 75.2 Å². The highest BCUT2D eigenvalue weighted by atomic mass is 79.9. The van der Waals surface area contributed by atoms with Gasteiger partial charge in [-0.05, 0) is 28.8 Å². The first-order valence-corrected chi connectivity index (χ1v) is 8.32. The van der Waals surface area contributed by atoms with E-state index >= 15 is 0 Å². The van der Waals surface area contributed by atoms with Gasteiger partial charge in [0.05, 0.1) is 10.7 Å². The zero-order chi connectivity index (χ0) is 13.2. The molecule has 1 unspecified atom stereocenters. The molecule has 1 saturated heterocycles. The maximum atomic E-state index is 11.2. The van der Waals surface area contributed by atoms with E-state index in [1.54, 1.807) is 12.4 Å². The second-order valence-corrected chi connectivity index (χ2v) is 7.07. The van der Waals surface area contributed by atoms with Crippen LogP contribution in [-0.2, 0) is 10.0 Å². The first-order chi connectivity index (χ1) is 8.44. The molecule has 2 heterocycles. The van der Waals surface area contributed by atoms with Gasteiger partial charge in [0.25, 0.3) is 0 Å². The van der Waals surface area contributed by atoms with Gasteiger partial charge < -0.3 is 4.90 Å². The number of rotatable bonds is 3. The zero-order valence-electron chi connectivity index (χ0n) is 10.0. The minimum Gasteiger partial charge on any atom is -0.339 e.